The van der Waals surface area contributed by atoms with E-state index in [2.05, 4.69) is 10.6 Å². The molecule has 5 heteroatoms. The van der Waals surface area contributed by atoms with E-state index in [1.807, 2.05) is 24.3 Å². The van der Waals surface area contributed by atoms with Crippen molar-refractivity contribution in [3.63, 3.8) is 0 Å². The Morgan fingerprint density at radius 3 is 2.63 bits per heavy atom. The minimum Gasteiger partial charge on any atom is -0.382 e. The number of nitrogens with two attached hydrogens (primary N) is 1. The fraction of sp³-hybridized carbons (Fsp3) is 0.500. The number of benzene rings is 1. The van der Waals surface area contributed by atoms with Crippen molar-refractivity contribution in [1.82, 2.24) is 5.32 Å². The Hall–Kier alpha value is -1.75. The summed E-state index contributed by atoms with van der Waals surface area (Å²) in [4.78, 5) is 13.3. The zero-order chi connectivity index (χ0) is 13.2. The number of hydrogen-bond donors (Lipinski definition) is 3. The number of nitrogens with one attached hydrogen (secondary N) is 2. The molecule has 3 rings (SSSR count). The molecule has 1 aromatic rings. The van der Waals surface area contributed by atoms with E-state index in [9.17, 15) is 4.79 Å². The first kappa shape index (κ1) is 12.3. The predicted molar refractivity (Wildman–Crippen MR) is 76.4 cm³/mol. The van der Waals surface area contributed by atoms with Gasteiger partial charge in [-0.1, -0.05) is 0 Å². The zero-order valence-electron chi connectivity index (χ0n) is 10.9. The fourth-order valence-electron chi connectivity index (χ4n) is 2.84. The van der Waals surface area contributed by atoms with Crippen LogP contribution in [-0.4, -0.2) is 31.2 Å². The molecule has 0 bridgehead atoms. The van der Waals surface area contributed by atoms with Crippen LogP contribution in [0.5, 0.6) is 0 Å². The van der Waals surface area contributed by atoms with Gasteiger partial charge in [-0.05, 0) is 43.5 Å². The van der Waals surface area contributed by atoms with Gasteiger partial charge in [-0.25, -0.2) is 4.79 Å². The van der Waals surface area contributed by atoms with E-state index < -0.39 is 0 Å². The van der Waals surface area contributed by atoms with Crippen molar-refractivity contribution in [2.24, 2.45) is 5.73 Å². The van der Waals surface area contributed by atoms with Crippen LogP contribution in [0.15, 0.2) is 24.3 Å². The van der Waals surface area contributed by atoms with E-state index >= 15 is 0 Å². The van der Waals surface area contributed by atoms with Crippen LogP contribution >= 0.6 is 0 Å². The second-order valence-electron chi connectivity index (χ2n) is 5.34. The maximum absolute atomic E-state index is 11.6. The summed E-state index contributed by atoms with van der Waals surface area (Å²) in [6, 6.07) is 8.85. The van der Waals surface area contributed by atoms with Crippen molar-refractivity contribution < 1.29 is 4.79 Å². The van der Waals surface area contributed by atoms with Crippen LogP contribution in [0.3, 0.4) is 0 Å². The quantitative estimate of drug-likeness (QED) is 0.771. The van der Waals surface area contributed by atoms with Crippen molar-refractivity contribution in [2.75, 3.05) is 23.3 Å². The lowest BCUT2D eigenvalue weighted by molar-refractivity contribution is 0.252. The SMILES string of the molecule is NC1CCC(Nc2ccc(N3CCNC3=O)cc2)C1. The largest absolute Gasteiger partial charge is 0.382 e. The van der Waals surface area contributed by atoms with Gasteiger partial charge in [0.2, 0.25) is 0 Å². The normalized spacial score (nSPS) is 26.6. The van der Waals surface area contributed by atoms with Gasteiger partial charge in [-0.2, -0.15) is 0 Å². The molecule has 1 aliphatic heterocycles. The summed E-state index contributed by atoms with van der Waals surface area (Å²) in [5.74, 6) is 0. The minimum atomic E-state index is -0.0116. The van der Waals surface area contributed by atoms with Crippen LogP contribution in [-0.2, 0) is 0 Å². The molecule has 1 saturated heterocycles. The summed E-state index contributed by atoms with van der Waals surface area (Å²) in [6.45, 7) is 1.46. The van der Waals surface area contributed by atoms with E-state index in [0.29, 0.717) is 12.1 Å². The van der Waals surface area contributed by atoms with E-state index in [0.717, 1.165) is 43.7 Å². The van der Waals surface area contributed by atoms with E-state index in [4.69, 9.17) is 5.73 Å². The predicted octanol–water partition coefficient (Wildman–Crippen LogP) is 1.51. The Labute approximate surface area is 113 Å². The monoisotopic (exact) mass is 260 g/mol. The van der Waals surface area contributed by atoms with Crippen LogP contribution in [0.4, 0.5) is 16.2 Å². The molecule has 4 N–H and O–H groups in total. The van der Waals surface area contributed by atoms with Gasteiger partial charge < -0.3 is 16.4 Å². The van der Waals surface area contributed by atoms with Gasteiger partial charge in [0.1, 0.15) is 0 Å². The van der Waals surface area contributed by atoms with Crippen molar-refractivity contribution in [1.29, 1.82) is 0 Å². The number of anilines is 2. The summed E-state index contributed by atoms with van der Waals surface area (Å²) in [7, 11) is 0. The smallest absolute Gasteiger partial charge is 0.321 e. The molecule has 2 atom stereocenters. The molecule has 2 aliphatic rings. The molecular formula is C14H20N4O. The molecule has 19 heavy (non-hydrogen) atoms. The molecule has 0 spiro atoms. The molecule has 2 unspecified atom stereocenters. The average Bonchev–Trinajstić information content (AvgIpc) is 3.00. The fourth-order valence-corrected chi connectivity index (χ4v) is 2.84. The maximum Gasteiger partial charge on any atom is 0.321 e. The van der Waals surface area contributed by atoms with Crippen LogP contribution in [0.2, 0.25) is 0 Å². The molecule has 0 aromatic heterocycles. The first-order valence-electron chi connectivity index (χ1n) is 6.90. The highest BCUT2D eigenvalue weighted by atomic mass is 16.2. The number of hydrogen-bond acceptors (Lipinski definition) is 3. The van der Waals surface area contributed by atoms with Crippen LogP contribution in [0.25, 0.3) is 0 Å². The Balaban J connectivity index is 1.64. The number of carbonyl (C=O) groups excluding carboxylic acids is 1. The highest BCUT2D eigenvalue weighted by Crippen LogP contribution is 2.24. The summed E-state index contributed by atoms with van der Waals surface area (Å²) < 4.78 is 0. The molecule has 2 fully saturated rings. The van der Waals surface area contributed by atoms with Gasteiger partial charge >= 0.3 is 6.03 Å². The van der Waals surface area contributed by atoms with Crippen LogP contribution < -0.4 is 21.3 Å². The zero-order valence-corrected chi connectivity index (χ0v) is 10.9. The highest BCUT2D eigenvalue weighted by Gasteiger charge is 2.22. The number of nitrogens with zero attached hydrogens (tertiary/aromatic N) is 1. The summed E-state index contributed by atoms with van der Waals surface area (Å²) >= 11 is 0. The van der Waals surface area contributed by atoms with Crippen molar-refractivity contribution in [3.8, 4) is 0 Å². The third-order valence-corrected chi connectivity index (χ3v) is 3.88. The lowest BCUT2D eigenvalue weighted by atomic mass is 10.2. The van der Waals surface area contributed by atoms with Gasteiger partial charge in [0, 0.05) is 36.5 Å². The summed E-state index contributed by atoms with van der Waals surface area (Å²) in [5, 5.41) is 6.30. The van der Waals surface area contributed by atoms with E-state index in [1.165, 1.54) is 0 Å². The van der Waals surface area contributed by atoms with Gasteiger partial charge in [-0.15, -0.1) is 0 Å². The first-order chi connectivity index (χ1) is 9.22. The number of carbonyl (C=O) groups is 1. The Morgan fingerprint density at radius 1 is 1.26 bits per heavy atom. The van der Waals surface area contributed by atoms with E-state index in [1.54, 1.807) is 4.90 Å². The Morgan fingerprint density at radius 2 is 2.05 bits per heavy atom. The van der Waals surface area contributed by atoms with Gasteiger partial charge in [0.05, 0.1) is 0 Å². The minimum absolute atomic E-state index is 0.0116. The maximum atomic E-state index is 11.6. The lowest BCUT2D eigenvalue weighted by Crippen LogP contribution is -2.27. The Bertz CT molecular complexity index is 459. The third-order valence-electron chi connectivity index (χ3n) is 3.88. The topological polar surface area (TPSA) is 70.4 Å². The molecule has 2 amide bonds. The van der Waals surface area contributed by atoms with Crippen LogP contribution in [0.1, 0.15) is 19.3 Å². The number of urea groups is 1. The second kappa shape index (κ2) is 5.09. The molecule has 1 aromatic carbocycles. The van der Waals surface area contributed by atoms with Gasteiger partial charge in [-0.3, -0.25) is 4.90 Å². The van der Waals surface area contributed by atoms with Gasteiger partial charge in [0.15, 0.2) is 0 Å². The van der Waals surface area contributed by atoms with Gasteiger partial charge in [0.25, 0.3) is 0 Å². The first-order valence-corrected chi connectivity index (χ1v) is 6.90. The molecule has 1 aliphatic carbocycles. The van der Waals surface area contributed by atoms with Crippen molar-refractivity contribution in [2.45, 2.75) is 31.3 Å². The molecule has 5 nitrogen and oxygen atoms in total. The molecule has 0 radical (unpaired) electrons. The Kier molecular flexibility index (Phi) is 3.29. The van der Waals surface area contributed by atoms with E-state index in [-0.39, 0.29) is 6.03 Å². The molecule has 102 valence electrons. The third kappa shape index (κ3) is 2.66. The second-order valence-corrected chi connectivity index (χ2v) is 5.34. The molecule has 1 heterocycles. The lowest BCUT2D eigenvalue weighted by Gasteiger charge is -2.17. The number of rotatable bonds is 3. The van der Waals surface area contributed by atoms with Crippen molar-refractivity contribution in [3.05, 3.63) is 24.3 Å². The number of amides is 2. The summed E-state index contributed by atoms with van der Waals surface area (Å²) in [6.07, 6.45) is 3.28. The highest BCUT2D eigenvalue weighted by molar-refractivity contribution is 5.94. The standard InChI is InChI=1S/C14H20N4O/c15-10-1-2-12(9-10)17-11-3-5-13(6-4-11)18-8-7-16-14(18)19/h3-6,10,12,17H,1-2,7-9,15H2,(H,16,19). The van der Waals surface area contributed by atoms with Crippen LogP contribution in [0, 0.1) is 0 Å². The summed E-state index contributed by atoms with van der Waals surface area (Å²) in [5.41, 5.74) is 7.96. The molecule has 1 saturated carbocycles. The average molecular weight is 260 g/mol. The van der Waals surface area contributed by atoms with Crippen molar-refractivity contribution >= 4 is 17.4 Å². The molecular weight excluding hydrogens is 240 g/mol.